The average molecular weight is 473 g/mol. The molecule has 0 aliphatic carbocycles. The van der Waals surface area contributed by atoms with Crippen LogP contribution in [-0.4, -0.2) is 19.5 Å². The molecular formula is C28H29FN4O2. The Morgan fingerprint density at radius 3 is 2.40 bits per heavy atom. The van der Waals surface area contributed by atoms with E-state index in [2.05, 4.69) is 30.7 Å². The van der Waals surface area contributed by atoms with Crippen LogP contribution < -0.4 is 10.3 Å². The zero-order chi connectivity index (χ0) is 25.3. The zero-order valence-electron chi connectivity index (χ0n) is 20.9. The van der Waals surface area contributed by atoms with Gasteiger partial charge in [0.15, 0.2) is 0 Å². The van der Waals surface area contributed by atoms with E-state index in [0.29, 0.717) is 17.1 Å². The van der Waals surface area contributed by atoms with Crippen molar-refractivity contribution in [3.8, 4) is 22.8 Å². The van der Waals surface area contributed by atoms with Gasteiger partial charge in [0, 0.05) is 17.2 Å². The molecule has 0 amide bonds. The first-order valence-electron chi connectivity index (χ1n) is 11.5. The molecule has 2 aromatic carbocycles. The molecule has 0 saturated heterocycles. The van der Waals surface area contributed by atoms with Crippen LogP contribution in [0, 0.1) is 26.6 Å². The van der Waals surface area contributed by atoms with E-state index in [0.717, 1.165) is 28.2 Å². The van der Waals surface area contributed by atoms with Crippen LogP contribution in [0.1, 0.15) is 49.1 Å². The fourth-order valence-electron chi connectivity index (χ4n) is 3.75. The van der Waals surface area contributed by atoms with Crippen LogP contribution in [-0.2, 0) is 12.0 Å². The van der Waals surface area contributed by atoms with Crippen LogP contribution in [0.4, 0.5) is 4.39 Å². The van der Waals surface area contributed by atoms with Gasteiger partial charge in [-0.05, 0) is 56.2 Å². The Balaban J connectivity index is 1.70. The summed E-state index contributed by atoms with van der Waals surface area (Å²) in [6.07, 6.45) is 1.84. The minimum Gasteiger partial charge on any atom is -0.472 e. The lowest BCUT2D eigenvalue weighted by atomic mass is 9.95. The van der Waals surface area contributed by atoms with Gasteiger partial charge in [-0.15, -0.1) is 0 Å². The largest absolute Gasteiger partial charge is 0.472 e. The van der Waals surface area contributed by atoms with Crippen LogP contribution in [0.2, 0.25) is 0 Å². The number of halogens is 1. The first-order valence-corrected chi connectivity index (χ1v) is 11.5. The highest BCUT2D eigenvalue weighted by Gasteiger charge is 2.20. The van der Waals surface area contributed by atoms with Gasteiger partial charge in [-0.2, -0.15) is 4.98 Å². The monoisotopic (exact) mass is 472 g/mol. The highest BCUT2D eigenvalue weighted by atomic mass is 19.1. The molecule has 0 aliphatic rings. The minimum absolute atomic E-state index is 0.182. The van der Waals surface area contributed by atoms with E-state index in [1.165, 1.54) is 12.1 Å². The number of rotatable bonds is 5. The van der Waals surface area contributed by atoms with Crippen LogP contribution in [0.3, 0.4) is 0 Å². The van der Waals surface area contributed by atoms with Gasteiger partial charge >= 0.3 is 0 Å². The summed E-state index contributed by atoms with van der Waals surface area (Å²) in [6.45, 7) is 11.9. The van der Waals surface area contributed by atoms with Gasteiger partial charge in [0.2, 0.25) is 5.88 Å². The second-order valence-electron chi connectivity index (χ2n) is 9.67. The highest BCUT2D eigenvalue weighted by molar-refractivity contribution is 5.65. The van der Waals surface area contributed by atoms with Crippen molar-refractivity contribution < 1.29 is 9.13 Å². The van der Waals surface area contributed by atoms with Crippen LogP contribution >= 0.6 is 0 Å². The van der Waals surface area contributed by atoms with Crippen molar-refractivity contribution in [2.24, 2.45) is 0 Å². The molecule has 6 nitrogen and oxygen atoms in total. The number of aromatic nitrogens is 4. The standard InChI is InChI=1S/C28H29FN4O2/c1-17-15-30-27(28(4,5)6)32-24(17)21-8-7-9-23(14-21)33-19(3)31-25(18(2)26(33)34)35-16-20-10-12-22(29)13-11-20/h7-15H,16H2,1-6H3. The summed E-state index contributed by atoms with van der Waals surface area (Å²) in [5.41, 5.74) is 4.18. The Morgan fingerprint density at radius 2 is 1.71 bits per heavy atom. The van der Waals surface area contributed by atoms with E-state index >= 15 is 0 Å². The van der Waals surface area contributed by atoms with Crippen molar-refractivity contribution in [2.45, 2.75) is 53.6 Å². The average Bonchev–Trinajstić information content (AvgIpc) is 2.81. The Bertz CT molecular complexity index is 1440. The molecule has 0 fully saturated rings. The van der Waals surface area contributed by atoms with Crippen molar-refractivity contribution in [3.05, 3.63) is 99.2 Å². The lowest BCUT2D eigenvalue weighted by Gasteiger charge is -2.18. The van der Waals surface area contributed by atoms with E-state index in [-0.39, 0.29) is 29.3 Å². The summed E-state index contributed by atoms with van der Waals surface area (Å²) >= 11 is 0. The molecule has 0 N–H and O–H groups in total. The SMILES string of the molecule is Cc1cnc(C(C)(C)C)nc1-c1cccc(-n2c(C)nc(OCc3ccc(F)cc3)c(C)c2=O)c1. The Labute approximate surface area is 204 Å². The predicted molar refractivity (Wildman–Crippen MR) is 135 cm³/mol. The van der Waals surface area contributed by atoms with E-state index in [4.69, 9.17) is 9.72 Å². The summed E-state index contributed by atoms with van der Waals surface area (Å²) in [6, 6.07) is 13.7. The first kappa shape index (κ1) is 24.3. The normalized spacial score (nSPS) is 11.5. The number of aryl methyl sites for hydroxylation is 2. The second-order valence-corrected chi connectivity index (χ2v) is 9.67. The van der Waals surface area contributed by atoms with Gasteiger partial charge in [0.05, 0.1) is 16.9 Å². The molecule has 180 valence electrons. The molecular weight excluding hydrogens is 443 g/mol. The Hall–Kier alpha value is -3.87. The molecule has 4 aromatic rings. The minimum atomic E-state index is -0.310. The van der Waals surface area contributed by atoms with Crippen molar-refractivity contribution in [2.75, 3.05) is 0 Å². The van der Waals surface area contributed by atoms with Crippen molar-refractivity contribution in [3.63, 3.8) is 0 Å². The van der Waals surface area contributed by atoms with Gasteiger partial charge < -0.3 is 4.74 Å². The summed E-state index contributed by atoms with van der Waals surface area (Å²) in [4.78, 5) is 27.2. The number of ether oxygens (including phenoxy) is 1. The van der Waals surface area contributed by atoms with Crippen LogP contribution in [0.25, 0.3) is 16.9 Å². The van der Waals surface area contributed by atoms with Gasteiger partial charge in [0.1, 0.15) is 24.1 Å². The van der Waals surface area contributed by atoms with Gasteiger partial charge in [0.25, 0.3) is 5.56 Å². The van der Waals surface area contributed by atoms with Crippen LogP contribution in [0.15, 0.2) is 59.5 Å². The number of hydrogen-bond acceptors (Lipinski definition) is 5. The fraction of sp³-hybridized carbons (Fsp3) is 0.286. The molecule has 7 heteroatoms. The maximum atomic E-state index is 13.3. The number of nitrogens with zero attached hydrogens (tertiary/aromatic N) is 4. The topological polar surface area (TPSA) is 69.9 Å². The fourth-order valence-corrected chi connectivity index (χ4v) is 3.75. The molecule has 2 heterocycles. The van der Waals surface area contributed by atoms with E-state index < -0.39 is 0 Å². The smallest absolute Gasteiger partial charge is 0.264 e. The molecule has 2 aromatic heterocycles. The zero-order valence-corrected chi connectivity index (χ0v) is 20.9. The van der Waals surface area contributed by atoms with Gasteiger partial charge in [-0.25, -0.2) is 14.4 Å². The second kappa shape index (κ2) is 9.41. The molecule has 0 radical (unpaired) electrons. The molecule has 4 rings (SSSR count). The molecule has 0 saturated carbocycles. The van der Waals surface area contributed by atoms with Crippen molar-refractivity contribution in [1.82, 2.24) is 19.5 Å². The van der Waals surface area contributed by atoms with E-state index in [1.54, 1.807) is 30.5 Å². The third-order valence-corrected chi connectivity index (χ3v) is 5.74. The number of hydrogen-bond donors (Lipinski definition) is 0. The highest BCUT2D eigenvalue weighted by Crippen LogP contribution is 2.27. The molecule has 0 aliphatic heterocycles. The molecule has 0 spiro atoms. The molecule has 0 bridgehead atoms. The third-order valence-electron chi connectivity index (χ3n) is 5.74. The quantitative estimate of drug-likeness (QED) is 0.376. The molecule has 0 atom stereocenters. The lowest BCUT2D eigenvalue weighted by Crippen LogP contribution is -2.25. The molecule has 0 unspecified atom stereocenters. The summed E-state index contributed by atoms with van der Waals surface area (Å²) in [7, 11) is 0. The predicted octanol–water partition coefficient (Wildman–Crippen LogP) is 5.63. The van der Waals surface area contributed by atoms with Gasteiger partial charge in [-0.3, -0.25) is 9.36 Å². The van der Waals surface area contributed by atoms with E-state index in [9.17, 15) is 9.18 Å². The Kier molecular flexibility index (Phi) is 6.52. The summed E-state index contributed by atoms with van der Waals surface area (Å²) < 4.78 is 20.5. The lowest BCUT2D eigenvalue weighted by molar-refractivity contribution is 0.289. The summed E-state index contributed by atoms with van der Waals surface area (Å²) in [5.74, 6) is 1.22. The summed E-state index contributed by atoms with van der Waals surface area (Å²) in [5, 5.41) is 0. The maximum Gasteiger partial charge on any atom is 0.264 e. The number of benzene rings is 2. The van der Waals surface area contributed by atoms with Crippen molar-refractivity contribution in [1.29, 1.82) is 0 Å². The van der Waals surface area contributed by atoms with Crippen LogP contribution in [0.5, 0.6) is 5.88 Å². The molecule has 35 heavy (non-hydrogen) atoms. The Morgan fingerprint density at radius 1 is 1.00 bits per heavy atom. The van der Waals surface area contributed by atoms with Crippen molar-refractivity contribution >= 4 is 0 Å². The maximum absolute atomic E-state index is 13.3. The van der Waals surface area contributed by atoms with E-state index in [1.807, 2.05) is 37.4 Å². The first-order chi connectivity index (χ1) is 16.5. The third kappa shape index (κ3) is 5.14. The van der Waals surface area contributed by atoms with Gasteiger partial charge in [-0.1, -0.05) is 45.0 Å².